The molecule has 1 aromatic rings. The second kappa shape index (κ2) is 15.5. The Hall–Kier alpha value is -1.39. The van der Waals surface area contributed by atoms with Crippen molar-refractivity contribution in [3.05, 3.63) is 35.9 Å². The molecule has 3 rings (SSSR count). The van der Waals surface area contributed by atoms with Crippen molar-refractivity contribution in [2.45, 2.75) is 39.2 Å². The molecule has 7 nitrogen and oxygen atoms in total. The highest BCUT2D eigenvalue weighted by Gasteiger charge is 2.23. The maximum Gasteiger partial charge on any atom is 0.220 e. The number of piperazine rings is 1. The van der Waals surface area contributed by atoms with Gasteiger partial charge < -0.3 is 20.4 Å². The normalized spacial score (nSPS) is 18.6. The van der Waals surface area contributed by atoms with Crippen molar-refractivity contribution < 1.29 is 4.79 Å². The zero-order chi connectivity index (χ0) is 22.6. The number of halogens is 1. The number of carbonyl (C=O) groups excluding carboxylic acids is 1. The van der Waals surface area contributed by atoms with E-state index < -0.39 is 0 Å². The van der Waals surface area contributed by atoms with Gasteiger partial charge in [0.25, 0.3) is 0 Å². The third-order valence-electron chi connectivity index (χ3n) is 6.61. The van der Waals surface area contributed by atoms with Crippen LogP contribution in [0.4, 0.5) is 0 Å². The highest BCUT2D eigenvalue weighted by Crippen LogP contribution is 2.20. The van der Waals surface area contributed by atoms with E-state index in [4.69, 9.17) is 4.99 Å². The van der Waals surface area contributed by atoms with Crippen LogP contribution in [0.5, 0.6) is 0 Å². The average molecular weight is 571 g/mol. The van der Waals surface area contributed by atoms with E-state index in [0.717, 1.165) is 90.7 Å². The Balaban J connectivity index is 0.00000385. The van der Waals surface area contributed by atoms with Gasteiger partial charge >= 0.3 is 0 Å². The summed E-state index contributed by atoms with van der Waals surface area (Å²) >= 11 is 0. The number of nitrogens with one attached hydrogen (secondary N) is 2. The quantitative estimate of drug-likeness (QED) is 0.207. The lowest BCUT2D eigenvalue weighted by molar-refractivity contribution is -0.121. The lowest BCUT2D eigenvalue weighted by atomic mass is 9.93. The van der Waals surface area contributed by atoms with Crippen molar-refractivity contribution in [3.63, 3.8) is 0 Å². The van der Waals surface area contributed by atoms with E-state index in [9.17, 15) is 4.79 Å². The zero-order valence-electron chi connectivity index (χ0n) is 20.5. The number of hydrogen-bond donors (Lipinski definition) is 2. The molecule has 1 amide bonds. The van der Waals surface area contributed by atoms with Crippen LogP contribution in [0.15, 0.2) is 35.3 Å². The first kappa shape index (κ1) is 27.9. The largest absolute Gasteiger partial charge is 0.359 e. The Bertz CT molecular complexity index is 700. The van der Waals surface area contributed by atoms with Gasteiger partial charge in [-0.1, -0.05) is 30.3 Å². The van der Waals surface area contributed by atoms with Crippen molar-refractivity contribution in [2.24, 2.45) is 10.9 Å². The van der Waals surface area contributed by atoms with E-state index in [0.29, 0.717) is 12.3 Å². The monoisotopic (exact) mass is 570 g/mol. The number of benzene rings is 1. The fraction of sp³-hybridized carbons (Fsp3) is 0.680. The first-order valence-electron chi connectivity index (χ1n) is 12.4. The second-order valence-electron chi connectivity index (χ2n) is 9.00. The van der Waals surface area contributed by atoms with E-state index in [1.165, 1.54) is 5.56 Å². The first-order chi connectivity index (χ1) is 15.7. The van der Waals surface area contributed by atoms with E-state index >= 15 is 0 Å². The number of amides is 1. The molecular formula is C25H43IN6O. The Kier molecular flexibility index (Phi) is 13.1. The molecule has 2 aliphatic heterocycles. The molecule has 2 aliphatic rings. The van der Waals surface area contributed by atoms with Gasteiger partial charge in [0.2, 0.25) is 5.91 Å². The highest BCUT2D eigenvalue weighted by molar-refractivity contribution is 14.0. The van der Waals surface area contributed by atoms with Crippen LogP contribution in [0.2, 0.25) is 0 Å². The fourth-order valence-electron chi connectivity index (χ4n) is 4.63. The van der Waals surface area contributed by atoms with Gasteiger partial charge in [0.05, 0.1) is 0 Å². The maximum absolute atomic E-state index is 11.6. The maximum atomic E-state index is 11.6. The lowest BCUT2D eigenvalue weighted by Gasteiger charge is -2.35. The predicted octanol–water partition coefficient (Wildman–Crippen LogP) is 2.63. The summed E-state index contributed by atoms with van der Waals surface area (Å²) in [4.78, 5) is 24.0. The topological polar surface area (TPSA) is 63.2 Å². The molecule has 2 fully saturated rings. The molecule has 0 spiro atoms. The van der Waals surface area contributed by atoms with Crippen LogP contribution < -0.4 is 10.6 Å². The molecule has 0 aromatic heterocycles. The Morgan fingerprint density at radius 1 is 1.03 bits per heavy atom. The molecule has 0 unspecified atom stereocenters. The fourth-order valence-corrected chi connectivity index (χ4v) is 4.63. The zero-order valence-corrected chi connectivity index (χ0v) is 22.8. The van der Waals surface area contributed by atoms with Gasteiger partial charge in [0.15, 0.2) is 5.96 Å². The van der Waals surface area contributed by atoms with Crippen molar-refractivity contribution >= 4 is 35.8 Å². The van der Waals surface area contributed by atoms with Crippen LogP contribution in [-0.4, -0.2) is 92.5 Å². The summed E-state index contributed by atoms with van der Waals surface area (Å²) in [6.45, 7) is 12.6. The predicted molar refractivity (Wildman–Crippen MR) is 147 cm³/mol. The van der Waals surface area contributed by atoms with Crippen LogP contribution in [0, 0.1) is 5.92 Å². The molecule has 1 aromatic carbocycles. The molecule has 33 heavy (non-hydrogen) atoms. The molecule has 0 radical (unpaired) electrons. The van der Waals surface area contributed by atoms with Crippen molar-refractivity contribution in [1.82, 2.24) is 25.3 Å². The van der Waals surface area contributed by atoms with Gasteiger partial charge in [-0.25, -0.2) is 0 Å². The molecule has 0 saturated carbocycles. The Morgan fingerprint density at radius 3 is 2.33 bits per heavy atom. The van der Waals surface area contributed by atoms with Gasteiger partial charge in [0, 0.05) is 78.9 Å². The summed E-state index contributed by atoms with van der Waals surface area (Å²) < 4.78 is 0. The summed E-state index contributed by atoms with van der Waals surface area (Å²) in [5.41, 5.74) is 1.41. The number of piperidine rings is 1. The van der Waals surface area contributed by atoms with Crippen LogP contribution in [-0.2, 0) is 11.3 Å². The molecule has 0 bridgehead atoms. The van der Waals surface area contributed by atoms with E-state index in [1.54, 1.807) is 7.05 Å². The van der Waals surface area contributed by atoms with E-state index in [2.05, 4.69) is 62.6 Å². The molecule has 2 saturated heterocycles. The number of carbonyl (C=O) groups is 1. The minimum absolute atomic E-state index is 0. The lowest BCUT2D eigenvalue weighted by Crippen LogP contribution is -2.46. The third-order valence-corrected chi connectivity index (χ3v) is 6.61. The van der Waals surface area contributed by atoms with Gasteiger partial charge in [-0.15, -0.1) is 24.0 Å². The van der Waals surface area contributed by atoms with Crippen molar-refractivity contribution in [2.75, 3.05) is 66.0 Å². The van der Waals surface area contributed by atoms with Gasteiger partial charge in [-0.05, 0) is 37.7 Å². The SMILES string of the molecule is CCNC(=NCCCN1CCN(Cc2ccccc2)CC1)N1CCC(CC(=O)NC)CC1.I. The Labute approximate surface area is 217 Å². The summed E-state index contributed by atoms with van der Waals surface area (Å²) in [6.07, 6.45) is 3.87. The molecule has 2 N–H and O–H groups in total. The van der Waals surface area contributed by atoms with Crippen molar-refractivity contribution in [1.29, 1.82) is 0 Å². The average Bonchev–Trinajstić information content (AvgIpc) is 2.83. The highest BCUT2D eigenvalue weighted by atomic mass is 127. The molecule has 0 aliphatic carbocycles. The summed E-state index contributed by atoms with van der Waals surface area (Å²) in [6, 6.07) is 10.8. The minimum Gasteiger partial charge on any atom is -0.359 e. The smallest absolute Gasteiger partial charge is 0.220 e. The number of nitrogens with zero attached hydrogens (tertiary/aromatic N) is 4. The molecular weight excluding hydrogens is 527 g/mol. The van der Waals surface area contributed by atoms with Gasteiger partial charge in [-0.2, -0.15) is 0 Å². The number of aliphatic imine (C=N–C) groups is 1. The number of hydrogen-bond acceptors (Lipinski definition) is 4. The number of rotatable bonds is 9. The van der Waals surface area contributed by atoms with Crippen molar-refractivity contribution in [3.8, 4) is 0 Å². The van der Waals surface area contributed by atoms with E-state index in [1.807, 2.05) is 0 Å². The van der Waals surface area contributed by atoms with Crippen LogP contribution >= 0.6 is 24.0 Å². The number of guanidine groups is 1. The van der Waals surface area contributed by atoms with Crippen LogP contribution in [0.25, 0.3) is 0 Å². The standard InChI is InChI=1S/C25H42N6O.HI/c1-3-27-25(31-14-10-22(11-15-31)20-24(32)26-2)28-12-7-13-29-16-18-30(19-17-29)21-23-8-5-4-6-9-23;/h4-6,8-9,22H,3,7,10-21H2,1-2H3,(H,26,32)(H,27,28);1H. The summed E-state index contributed by atoms with van der Waals surface area (Å²) in [5, 5.41) is 6.21. The molecule has 0 atom stereocenters. The first-order valence-corrected chi connectivity index (χ1v) is 12.4. The third kappa shape index (κ3) is 9.78. The van der Waals surface area contributed by atoms with Gasteiger partial charge in [0.1, 0.15) is 0 Å². The van der Waals surface area contributed by atoms with Gasteiger partial charge in [-0.3, -0.25) is 14.7 Å². The molecule has 186 valence electrons. The number of likely N-dealkylation sites (tertiary alicyclic amines) is 1. The summed E-state index contributed by atoms with van der Waals surface area (Å²) in [7, 11) is 1.72. The van der Waals surface area contributed by atoms with Crippen LogP contribution in [0.3, 0.4) is 0 Å². The molecule has 2 heterocycles. The molecule has 8 heteroatoms. The van der Waals surface area contributed by atoms with E-state index in [-0.39, 0.29) is 29.9 Å². The Morgan fingerprint density at radius 2 is 1.70 bits per heavy atom. The van der Waals surface area contributed by atoms with Crippen LogP contribution in [0.1, 0.15) is 38.2 Å². The second-order valence-corrected chi connectivity index (χ2v) is 9.00. The minimum atomic E-state index is 0. The summed E-state index contributed by atoms with van der Waals surface area (Å²) in [5.74, 6) is 1.69.